The molecule has 2 atom stereocenters. The summed E-state index contributed by atoms with van der Waals surface area (Å²) in [4.78, 5) is 0. The average Bonchev–Trinajstić information content (AvgIpc) is 1.83. The van der Waals surface area contributed by atoms with Crippen LogP contribution in [0.5, 0.6) is 0 Å². The van der Waals surface area contributed by atoms with E-state index in [-0.39, 0.29) is 25.4 Å². The third kappa shape index (κ3) is 3.06. The zero-order chi connectivity index (χ0) is 8.81. The Hall–Kier alpha value is -0.160. The number of rotatable bonds is 2. The Labute approximate surface area is 72.1 Å². The fourth-order valence-electron chi connectivity index (χ4n) is 0.857. The summed E-state index contributed by atoms with van der Waals surface area (Å²) in [5.74, 6) is 0. The van der Waals surface area contributed by atoms with Crippen molar-refractivity contribution in [3.05, 3.63) is 0 Å². The van der Waals surface area contributed by atoms with Crippen molar-refractivity contribution in [3.63, 3.8) is 0 Å². The topological polar surface area (TPSA) is 58.9 Å². The minimum Gasteiger partial charge on any atom is -0.394 e. The Morgan fingerprint density at radius 1 is 0.917 bits per heavy atom. The zero-order valence-electron chi connectivity index (χ0n) is 7.11. The molecule has 0 aliphatic carbocycles. The summed E-state index contributed by atoms with van der Waals surface area (Å²) in [6.45, 7) is 2.07. The quantitative estimate of drug-likeness (QED) is 0.597. The first kappa shape index (κ1) is 9.92. The van der Waals surface area contributed by atoms with E-state index in [1.165, 1.54) is 0 Å². The minimum absolute atomic E-state index is 0.171. The number of ether oxygens (including phenoxy) is 2. The predicted octanol–water partition coefficient (Wildman–Crippen LogP) is -0.465. The second kappa shape index (κ2) is 5.48. The fraction of sp³-hybridized carbons (Fsp3) is 1.00. The Kier molecular flexibility index (Phi) is 4.53. The second-order valence-corrected chi connectivity index (χ2v) is 2.93. The van der Waals surface area contributed by atoms with Crippen molar-refractivity contribution in [2.45, 2.75) is 25.0 Å². The maximum Gasteiger partial charge on any atom is 0.0827 e. The molecule has 2 aliphatic heterocycles. The lowest BCUT2D eigenvalue weighted by Gasteiger charge is -2.23. The van der Waals surface area contributed by atoms with Gasteiger partial charge in [-0.1, -0.05) is 0 Å². The highest BCUT2D eigenvalue weighted by Gasteiger charge is 2.15. The van der Waals surface area contributed by atoms with Crippen LogP contribution in [0.3, 0.4) is 0 Å². The van der Waals surface area contributed by atoms with Gasteiger partial charge in [-0.3, -0.25) is 0 Å². The highest BCUT2D eigenvalue weighted by Crippen LogP contribution is 2.08. The van der Waals surface area contributed by atoms with Gasteiger partial charge in [-0.15, -0.1) is 0 Å². The highest BCUT2D eigenvalue weighted by atomic mass is 16.5. The number of hydrogen-bond acceptors (Lipinski definition) is 4. The van der Waals surface area contributed by atoms with Gasteiger partial charge < -0.3 is 19.7 Å². The van der Waals surface area contributed by atoms with Crippen molar-refractivity contribution >= 4 is 0 Å². The standard InChI is InChI=1S/2C4H8O2/c2*5-3-4-1-2-6-4/h2*4-5H,1-3H2. The molecule has 2 fully saturated rings. The Morgan fingerprint density at radius 2 is 1.25 bits per heavy atom. The van der Waals surface area contributed by atoms with E-state index in [0.29, 0.717) is 0 Å². The van der Waals surface area contributed by atoms with E-state index in [4.69, 9.17) is 19.7 Å². The minimum atomic E-state index is 0.171. The van der Waals surface area contributed by atoms with Gasteiger partial charge in [-0.25, -0.2) is 0 Å². The lowest BCUT2D eigenvalue weighted by atomic mass is 10.2. The lowest BCUT2D eigenvalue weighted by Crippen LogP contribution is -2.29. The van der Waals surface area contributed by atoms with Crippen LogP contribution in [-0.4, -0.2) is 48.8 Å². The molecule has 4 heteroatoms. The van der Waals surface area contributed by atoms with Gasteiger partial charge in [0.05, 0.1) is 25.4 Å². The molecule has 0 radical (unpaired) electrons. The van der Waals surface area contributed by atoms with Crippen LogP contribution in [0.25, 0.3) is 0 Å². The second-order valence-electron chi connectivity index (χ2n) is 2.93. The first-order chi connectivity index (χ1) is 5.86. The number of aliphatic hydroxyl groups is 2. The molecule has 2 saturated heterocycles. The van der Waals surface area contributed by atoms with Gasteiger partial charge in [0.25, 0.3) is 0 Å². The van der Waals surface area contributed by atoms with Crippen LogP contribution in [0.2, 0.25) is 0 Å². The fourth-order valence-corrected chi connectivity index (χ4v) is 0.857. The molecule has 0 amide bonds. The number of hydrogen-bond donors (Lipinski definition) is 2. The zero-order valence-corrected chi connectivity index (χ0v) is 7.11. The molecule has 2 rings (SSSR count). The first-order valence-corrected chi connectivity index (χ1v) is 4.31. The van der Waals surface area contributed by atoms with E-state index < -0.39 is 0 Å². The van der Waals surface area contributed by atoms with E-state index in [1.54, 1.807) is 0 Å². The summed E-state index contributed by atoms with van der Waals surface area (Å²) >= 11 is 0. The lowest BCUT2D eigenvalue weighted by molar-refractivity contribution is -0.0774. The molecule has 2 aliphatic rings. The molecule has 2 heterocycles. The van der Waals surface area contributed by atoms with Crippen LogP contribution in [0.1, 0.15) is 12.8 Å². The van der Waals surface area contributed by atoms with E-state index in [1.807, 2.05) is 0 Å². The largest absolute Gasteiger partial charge is 0.394 e. The van der Waals surface area contributed by atoms with Gasteiger partial charge in [0.15, 0.2) is 0 Å². The van der Waals surface area contributed by atoms with E-state index in [2.05, 4.69) is 0 Å². The Bertz CT molecular complexity index is 90.1. The van der Waals surface area contributed by atoms with Crippen LogP contribution in [0.4, 0.5) is 0 Å². The first-order valence-electron chi connectivity index (χ1n) is 4.31. The number of aliphatic hydroxyl groups excluding tert-OH is 2. The molecule has 0 aromatic carbocycles. The van der Waals surface area contributed by atoms with Crippen LogP contribution >= 0.6 is 0 Å². The van der Waals surface area contributed by atoms with E-state index in [9.17, 15) is 0 Å². The Balaban J connectivity index is 0.000000120. The smallest absolute Gasteiger partial charge is 0.0827 e. The van der Waals surface area contributed by atoms with Crippen molar-refractivity contribution in [1.82, 2.24) is 0 Å². The van der Waals surface area contributed by atoms with Gasteiger partial charge in [0.1, 0.15) is 0 Å². The molecule has 2 N–H and O–H groups in total. The predicted molar refractivity (Wildman–Crippen MR) is 42.9 cm³/mol. The molecule has 0 spiro atoms. The molecule has 0 aromatic heterocycles. The summed E-state index contributed by atoms with van der Waals surface area (Å²) in [6, 6.07) is 0. The van der Waals surface area contributed by atoms with Crippen molar-refractivity contribution < 1.29 is 19.7 Å². The maximum atomic E-state index is 8.26. The van der Waals surface area contributed by atoms with Gasteiger partial charge in [0.2, 0.25) is 0 Å². The van der Waals surface area contributed by atoms with Crippen LogP contribution in [0, 0.1) is 0 Å². The summed E-state index contributed by atoms with van der Waals surface area (Å²) in [6.07, 6.45) is 2.42. The van der Waals surface area contributed by atoms with Crippen molar-refractivity contribution in [2.24, 2.45) is 0 Å². The van der Waals surface area contributed by atoms with Crippen LogP contribution in [-0.2, 0) is 9.47 Å². The van der Waals surface area contributed by atoms with Crippen LogP contribution < -0.4 is 0 Å². The summed E-state index contributed by atoms with van der Waals surface area (Å²) in [7, 11) is 0. The van der Waals surface area contributed by atoms with Gasteiger partial charge in [-0.05, 0) is 12.8 Å². The highest BCUT2D eigenvalue weighted by molar-refractivity contribution is 4.63. The molecular formula is C8H16O4. The third-order valence-corrected chi connectivity index (χ3v) is 1.99. The molecular weight excluding hydrogens is 160 g/mol. The summed E-state index contributed by atoms with van der Waals surface area (Å²) in [5.41, 5.74) is 0. The third-order valence-electron chi connectivity index (χ3n) is 1.99. The molecule has 0 aromatic rings. The monoisotopic (exact) mass is 176 g/mol. The maximum absolute atomic E-state index is 8.26. The molecule has 72 valence electrons. The molecule has 4 nitrogen and oxygen atoms in total. The Morgan fingerprint density at radius 3 is 1.25 bits per heavy atom. The summed E-state index contributed by atoms with van der Waals surface area (Å²) in [5, 5.41) is 16.5. The van der Waals surface area contributed by atoms with Crippen LogP contribution in [0.15, 0.2) is 0 Å². The van der Waals surface area contributed by atoms with Crippen molar-refractivity contribution in [3.8, 4) is 0 Å². The normalized spacial score (nSPS) is 32.5. The van der Waals surface area contributed by atoms with Gasteiger partial charge in [0, 0.05) is 13.2 Å². The SMILES string of the molecule is OCC1CCO1.OCC1CCO1. The van der Waals surface area contributed by atoms with Crippen molar-refractivity contribution in [1.29, 1.82) is 0 Å². The average molecular weight is 176 g/mol. The molecule has 0 bridgehead atoms. The van der Waals surface area contributed by atoms with Gasteiger partial charge >= 0.3 is 0 Å². The van der Waals surface area contributed by atoms with E-state index >= 15 is 0 Å². The molecule has 0 saturated carbocycles. The molecule has 2 unspecified atom stereocenters. The van der Waals surface area contributed by atoms with Gasteiger partial charge in [-0.2, -0.15) is 0 Å². The summed E-state index contributed by atoms with van der Waals surface area (Å²) < 4.78 is 9.66. The van der Waals surface area contributed by atoms with Crippen molar-refractivity contribution in [2.75, 3.05) is 26.4 Å². The molecule has 12 heavy (non-hydrogen) atoms. The van der Waals surface area contributed by atoms with E-state index in [0.717, 1.165) is 26.1 Å².